The lowest BCUT2D eigenvalue weighted by Gasteiger charge is -2.22. The van der Waals surface area contributed by atoms with Gasteiger partial charge in [-0.3, -0.25) is 9.48 Å². The van der Waals surface area contributed by atoms with E-state index in [4.69, 9.17) is 10.8 Å². The van der Waals surface area contributed by atoms with E-state index < -0.39 is 0 Å². The molecule has 0 aromatic carbocycles. The van der Waals surface area contributed by atoms with Crippen LogP contribution >= 0.6 is 0 Å². The largest absolute Gasteiger partial charge is 0.396 e. The van der Waals surface area contributed by atoms with Gasteiger partial charge in [-0.25, -0.2) is 0 Å². The molecule has 0 bridgehead atoms. The number of aliphatic hydroxyl groups excluding tert-OH is 1. The van der Waals surface area contributed by atoms with E-state index >= 15 is 0 Å². The number of amides is 1. The van der Waals surface area contributed by atoms with Crippen molar-refractivity contribution in [2.75, 3.05) is 18.9 Å². The molecule has 1 aromatic heterocycles. The standard InChI is InChI=1S/C10H16N4O2/c1-13-5-8(11)9(12-13)10(16)14-4-2-3-7(14)6-15/h5,7,15H,2-4,6,11H2,1H3/t7-/m1/s1. The van der Waals surface area contributed by atoms with Crippen molar-refractivity contribution in [2.45, 2.75) is 18.9 Å². The lowest BCUT2D eigenvalue weighted by molar-refractivity contribution is 0.0672. The van der Waals surface area contributed by atoms with E-state index in [1.807, 2.05) is 0 Å². The van der Waals surface area contributed by atoms with Gasteiger partial charge in [0.25, 0.3) is 5.91 Å². The first-order chi connectivity index (χ1) is 7.63. The number of hydrogen-bond donors (Lipinski definition) is 2. The molecule has 3 N–H and O–H groups in total. The molecule has 1 aliphatic rings. The number of hydrogen-bond acceptors (Lipinski definition) is 4. The van der Waals surface area contributed by atoms with Gasteiger partial charge in [0.15, 0.2) is 5.69 Å². The number of aromatic nitrogens is 2. The first-order valence-corrected chi connectivity index (χ1v) is 5.34. The zero-order chi connectivity index (χ0) is 11.7. The second-order valence-corrected chi connectivity index (χ2v) is 4.08. The molecule has 1 aromatic rings. The fourth-order valence-electron chi connectivity index (χ4n) is 2.10. The van der Waals surface area contributed by atoms with Crippen molar-refractivity contribution in [3.05, 3.63) is 11.9 Å². The summed E-state index contributed by atoms with van der Waals surface area (Å²) in [5.41, 5.74) is 6.37. The third-order valence-corrected chi connectivity index (χ3v) is 2.91. The van der Waals surface area contributed by atoms with Gasteiger partial charge in [0.05, 0.1) is 18.3 Å². The van der Waals surface area contributed by atoms with E-state index in [1.165, 1.54) is 4.68 Å². The van der Waals surface area contributed by atoms with Crippen LogP contribution in [0.2, 0.25) is 0 Å². The minimum atomic E-state index is -0.186. The molecule has 2 heterocycles. The van der Waals surface area contributed by atoms with E-state index in [-0.39, 0.29) is 24.2 Å². The Morgan fingerprint density at radius 1 is 1.75 bits per heavy atom. The van der Waals surface area contributed by atoms with Crippen molar-refractivity contribution in [3.8, 4) is 0 Å². The fraction of sp³-hybridized carbons (Fsp3) is 0.600. The lowest BCUT2D eigenvalue weighted by Crippen LogP contribution is -2.38. The third kappa shape index (κ3) is 1.76. The number of carbonyl (C=O) groups excluding carboxylic acids is 1. The molecule has 0 saturated carbocycles. The van der Waals surface area contributed by atoms with Crippen molar-refractivity contribution >= 4 is 11.6 Å². The van der Waals surface area contributed by atoms with Gasteiger partial charge in [-0.05, 0) is 12.8 Å². The molecule has 0 radical (unpaired) electrons. The number of nitrogen functional groups attached to an aromatic ring is 1. The molecule has 88 valence electrons. The van der Waals surface area contributed by atoms with Gasteiger partial charge in [0.2, 0.25) is 0 Å². The molecule has 2 rings (SSSR count). The number of rotatable bonds is 2. The summed E-state index contributed by atoms with van der Waals surface area (Å²) in [5, 5.41) is 13.2. The Morgan fingerprint density at radius 2 is 2.50 bits per heavy atom. The summed E-state index contributed by atoms with van der Waals surface area (Å²) >= 11 is 0. The van der Waals surface area contributed by atoms with E-state index in [0.717, 1.165) is 12.8 Å². The van der Waals surface area contributed by atoms with Gasteiger partial charge in [0, 0.05) is 19.8 Å². The van der Waals surface area contributed by atoms with Crippen molar-refractivity contribution in [2.24, 2.45) is 7.05 Å². The maximum atomic E-state index is 12.1. The Balaban J connectivity index is 2.21. The van der Waals surface area contributed by atoms with Crippen LogP contribution in [0.15, 0.2) is 6.20 Å². The van der Waals surface area contributed by atoms with Gasteiger partial charge >= 0.3 is 0 Å². The molecule has 6 heteroatoms. The van der Waals surface area contributed by atoms with Crippen LogP contribution in [-0.4, -0.2) is 44.9 Å². The van der Waals surface area contributed by atoms with E-state index in [1.54, 1.807) is 18.1 Å². The Bertz CT molecular complexity index is 402. The molecule has 0 aliphatic carbocycles. The minimum absolute atomic E-state index is 0.00151. The predicted molar refractivity (Wildman–Crippen MR) is 58.8 cm³/mol. The summed E-state index contributed by atoms with van der Waals surface area (Å²) in [6.45, 7) is 0.665. The van der Waals surface area contributed by atoms with Crippen molar-refractivity contribution < 1.29 is 9.90 Å². The second-order valence-electron chi connectivity index (χ2n) is 4.08. The Labute approximate surface area is 93.6 Å². The molecule has 0 unspecified atom stereocenters. The number of carbonyl (C=O) groups is 1. The second kappa shape index (κ2) is 4.13. The summed E-state index contributed by atoms with van der Waals surface area (Å²) in [5.74, 6) is -0.186. The van der Waals surface area contributed by atoms with Gasteiger partial charge in [0.1, 0.15) is 0 Å². The quantitative estimate of drug-likeness (QED) is 0.716. The van der Waals surface area contributed by atoms with E-state index in [2.05, 4.69) is 5.10 Å². The number of nitrogens with two attached hydrogens (primary N) is 1. The van der Waals surface area contributed by atoms with Crippen molar-refractivity contribution in [1.29, 1.82) is 0 Å². The molecular formula is C10H16N4O2. The molecular weight excluding hydrogens is 208 g/mol. The monoisotopic (exact) mass is 224 g/mol. The average Bonchev–Trinajstić information content (AvgIpc) is 2.83. The van der Waals surface area contributed by atoms with Crippen LogP contribution in [0.3, 0.4) is 0 Å². The third-order valence-electron chi connectivity index (χ3n) is 2.91. The highest BCUT2D eigenvalue weighted by molar-refractivity contribution is 5.97. The Kier molecular flexibility index (Phi) is 2.82. The smallest absolute Gasteiger partial charge is 0.276 e. The van der Waals surface area contributed by atoms with Crippen LogP contribution in [0, 0.1) is 0 Å². The van der Waals surface area contributed by atoms with Crippen LogP contribution < -0.4 is 5.73 Å². The maximum Gasteiger partial charge on any atom is 0.276 e. The molecule has 1 aliphatic heterocycles. The van der Waals surface area contributed by atoms with Crippen LogP contribution in [-0.2, 0) is 7.05 Å². The zero-order valence-corrected chi connectivity index (χ0v) is 9.26. The lowest BCUT2D eigenvalue weighted by atomic mass is 10.2. The number of likely N-dealkylation sites (tertiary alicyclic amines) is 1. The van der Waals surface area contributed by atoms with Gasteiger partial charge in [-0.1, -0.05) is 0 Å². The number of nitrogens with zero attached hydrogens (tertiary/aromatic N) is 3. The van der Waals surface area contributed by atoms with Gasteiger partial charge < -0.3 is 15.7 Å². The maximum absolute atomic E-state index is 12.1. The molecule has 0 spiro atoms. The number of aliphatic hydroxyl groups is 1. The SMILES string of the molecule is Cn1cc(N)c(C(=O)N2CCC[C@@H]2CO)n1. The molecule has 16 heavy (non-hydrogen) atoms. The van der Waals surface area contributed by atoms with Gasteiger partial charge in [-0.2, -0.15) is 5.10 Å². The van der Waals surface area contributed by atoms with Crippen LogP contribution in [0.25, 0.3) is 0 Å². The first-order valence-electron chi connectivity index (χ1n) is 5.34. The van der Waals surface area contributed by atoms with Crippen molar-refractivity contribution in [1.82, 2.24) is 14.7 Å². The summed E-state index contributed by atoms with van der Waals surface area (Å²) in [6, 6.07) is -0.0890. The average molecular weight is 224 g/mol. The van der Waals surface area contributed by atoms with Crippen LogP contribution in [0.1, 0.15) is 23.3 Å². The highest BCUT2D eigenvalue weighted by Crippen LogP contribution is 2.21. The van der Waals surface area contributed by atoms with E-state index in [9.17, 15) is 4.79 Å². The Hall–Kier alpha value is -1.56. The normalized spacial score (nSPS) is 20.4. The fourth-order valence-corrected chi connectivity index (χ4v) is 2.10. The minimum Gasteiger partial charge on any atom is -0.396 e. The molecule has 1 atom stereocenters. The topological polar surface area (TPSA) is 84.4 Å². The first kappa shape index (κ1) is 10.9. The predicted octanol–water partition coefficient (Wildman–Crippen LogP) is -0.401. The number of anilines is 1. The molecule has 6 nitrogen and oxygen atoms in total. The zero-order valence-electron chi connectivity index (χ0n) is 9.26. The molecule has 1 saturated heterocycles. The van der Waals surface area contributed by atoms with Crippen molar-refractivity contribution in [3.63, 3.8) is 0 Å². The molecule has 1 fully saturated rings. The highest BCUT2D eigenvalue weighted by Gasteiger charge is 2.31. The summed E-state index contributed by atoms with van der Waals surface area (Å²) in [6.07, 6.45) is 3.37. The Morgan fingerprint density at radius 3 is 3.06 bits per heavy atom. The highest BCUT2D eigenvalue weighted by atomic mass is 16.3. The van der Waals surface area contributed by atoms with Crippen LogP contribution in [0.4, 0.5) is 5.69 Å². The van der Waals surface area contributed by atoms with Crippen LogP contribution in [0.5, 0.6) is 0 Å². The van der Waals surface area contributed by atoms with Gasteiger partial charge in [-0.15, -0.1) is 0 Å². The summed E-state index contributed by atoms with van der Waals surface area (Å²) < 4.78 is 1.52. The summed E-state index contributed by atoms with van der Waals surface area (Å²) in [4.78, 5) is 13.8. The number of aryl methyl sites for hydroxylation is 1. The van der Waals surface area contributed by atoms with E-state index in [0.29, 0.717) is 12.2 Å². The summed E-state index contributed by atoms with van der Waals surface area (Å²) in [7, 11) is 1.72. The molecule has 1 amide bonds.